The zero-order chi connectivity index (χ0) is 8.15. The molecule has 5 N–H and O–H groups in total. The Hall–Kier alpha value is -1.14. The highest BCUT2D eigenvalue weighted by atomic mass is 16.4. The normalized spacial score (nSPS) is 12.2. The van der Waals surface area contributed by atoms with Gasteiger partial charge in [-0.15, -0.1) is 0 Å². The van der Waals surface area contributed by atoms with Gasteiger partial charge in [-0.2, -0.15) is 0 Å². The van der Waals surface area contributed by atoms with Gasteiger partial charge in [-0.3, -0.25) is 10.6 Å². The van der Waals surface area contributed by atoms with Crippen LogP contribution in [0.1, 0.15) is 6.92 Å². The van der Waals surface area contributed by atoms with E-state index in [1.807, 2.05) is 5.43 Å². The molecule has 0 aliphatic heterocycles. The predicted molar refractivity (Wildman–Crippen MR) is 32.6 cm³/mol. The Bertz CT molecular complexity index is 147. The first-order valence-corrected chi connectivity index (χ1v) is 2.54. The molecule has 0 bridgehead atoms. The summed E-state index contributed by atoms with van der Waals surface area (Å²) < 4.78 is 0. The second-order valence-electron chi connectivity index (χ2n) is 1.64. The minimum Gasteiger partial charge on any atom is -0.479 e. The van der Waals surface area contributed by atoms with E-state index in [0.29, 0.717) is 0 Å². The first-order valence-electron chi connectivity index (χ1n) is 2.54. The first kappa shape index (κ1) is 8.86. The number of rotatable bonds is 3. The Morgan fingerprint density at radius 1 is 1.60 bits per heavy atom. The number of aliphatic carboxylic acids is 1. The summed E-state index contributed by atoms with van der Waals surface area (Å²) in [5.41, 5.74) is 1.90. The van der Waals surface area contributed by atoms with Gasteiger partial charge in [0.15, 0.2) is 6.17 Å². The highest BCUT2D eigenvalue weighted by Crippen LogP contribution is 1.73. The first-order chi connectivity index (χ1) is 4.57. The molecule has 1 unspecified atom stereocenters. The summed E-state index contributed by atoms with van der Waals surface area (Å²) in [6.45, 7) is 1.20. The third-order valence-corrected chi connectivity index (χ3v) is 0.761. The molecule has 0 spiro atoms. The maximum Gasteiger partial charge on any atom is 0.342 e. The lowest BCUT2D eigenvalue weighted by molar-refractivity contribution is -0.142. The van der Waals surface area contributed by atoms with Gasteiger partial charge in [0.1, 0.15) is 0 Å². The lowest BCUT2D eigenvalue weighted by atomic mass is 10.5. The van der Waals surface area contributed by atoms with E-state index in [-0.39, 0.29) is 0 Å². The summed E-state index contributed by atoms with van der Waals surface area (Å²) in [4.78, 5) is 20.4. The van der Waals surface area contributed by atoms with Gasteiger partial charge >= 0.3 is 5.97 Å². The van der Waals surface area contributed by atoms with Crippen molar-refractivity contribution in [1.82, 2.24) is 10.7 Å². The number of carboxylic acids is 1. The minimum atomic E-state index is -1.22. The maximum atomic E-state index is 10.2. The van der Waals surface area contributed by atoms with Gasteiger partial charge in [0, 0.05) is 6.92 Å². The molecule has 0 aromatic carbocycles. The van der Waals surface area contributed by atoms with E-state index in [1.54, 1.807) is 0 Å². The molecule has 0 rings (SSSR count). The van der Waals surface area contributed by atoms with Crippen molar-refractivity contribution in [3.63, 3.8) is 0 Å². The summed E-state index contributed by atoms with van der Waals surface area (Å²) in [5, 5.41) is 10.3. The topological polar surface area (TPSA) is 104 Å². The average Bonchev–Trinajstić information content (AvgIpc) is 1.81. The quantitative estimate of drug-likeness (QED) is 0.210. The fourth-order valence-corrected chi connectivity index (χ4v) is 0.378. The largest absolute Gasteiger partial charge is 0.479 e. The van der Waals surface area contributed by atoms with Gasteiger partial charge in [-0.05, 0) is 0 Å². The number of hydrazine groups is 1. The molecule has 6 heteroatoms. The number of nitrogens with two attached hydrogens (primary N) is 1. The fraction of sp³-hybridized carbons (Fsp3) is 0.500. The lowest BCUT2D eigenvalue weighted by Crippen LogP contribution is -2.52. The molecule has 0 saturated carbocycles. The minimum absolute atomic E-state index is 0.453. The predicted octanol–water partition coefficient (Wildman–Crippen LogP) is -2.00. The molecule has 1 amide bonds. The summed E-state index contributed by atoms with van der Waals surface area (Å²) in [7, 11) is 0. The number of carbonyl (C=O) groups is 2. The second kappa shape index (κ2) is 3.80. The van der Waals surface area contributed by atoms with Crippen LogP contribution in [0, 0.1) is 0 Å². The standard InChI is InChI=1S/C4H9N3O3/c1-2(8)6-3(7-5)4(9)10/h3,7H,5H2,1H3,(H,6,8)(H,9,10). The molecular formula is C4H9N3O3. The Labute approximate surface area is 57.4 Å². The Balaban J connectivity index is 3.83. The highest BCUT2D eigenvalue weighted by Gasteiger charge is 2.14. The van der Waals surface area contributed by atoms with Crippen LogP contribution in [0.15, 0.2) is 0 Å². The molecule has 1 atom stereocenters. The third kappa shape index (κ3) is 3.00. The summed E-state index contributed by atoms with van der Waals surface area (Å²) >= 11 is 0. The Morgan fingerprint density at radius 2 is 2.10 bits per heavy atom. The summed E-state index contributed by atoms with van der Waals surface area (Å²) in [5.74, 6) is 3.10. The highest BCUT2D eigenvalue weighted by molar-refractivity contribution is 5.81. The molecule has 0 heterocycles. The van der Waals surface area contributed by atoms with Crippen molar-refractivity contribution in [1.29, 1.82) is 0 Å². The van der Waals surface area contributed by atoms with Crippen molar-refractivity contribution in [3.05, 3.63) is 0 Å². The van der Waals surface area contributed by atoms with E-state index in [0.717, 1.165) is 0 Å². The van der Waals surface area contributed by atoms with Crippen LogP contribution in [0.2, 0.25) is 0 Å². The van der Waals surface area contributed by atoms with Crippen molar-refractivity contribution in [3.8, 4) is 0 Å². The maximum absolute atomic E-state index is 10.2. The molecule has 58 valence electrons. The van der Waals surface area contributed by atoms with E-state index in [2.05, 4.69) is 5.32 Å². The molecule has 0 saturated heterocycles. The van der Waals surface area contributed by atoms with E-state index >= 15 is 0 Å². The Kier molecular flexibility index (Phi) is 3.37. The van der Waals surface area contributed by atoms with E-state index in [4.69, 9.17) is 10.9 Å². The summed E-state index contributed by atoms with van der Waals surface area (Å²) in [6, 6.07) is 0. The molecule has 0 aromatic heterocycles. The number of nitrogens with one attached hydrogen (secondary N) is 2. The SMILES string of the molecule is CC(=O)NC(NN)C(=O)O. The van der Waals surface area contributed by atoms with Gasteiger partial charge in [0.2, 0.25) is 5.91 Å². The molecule has 6 nitrogen and oxygen atoms in total. The lowest BCUT2D eigenvalue weighted by Gasteiger charge is -2.10. The van der Waals surface area contributed by atoms with Crippen LogP contribution in [0.5, 0.6) is 0 Å². The van der Waals surface area contributed by atoms with Crippen molar-refractivity contribution in [2.24, 2.45) is 5.84 Å². The van der Waals surface area contributed by atoms with Crippen molar-refractivity contribution in [2.45, 2.75) is 13.1 Å². The second-order valence-corrected chi connectivity index (χ2v) is 1.64. The van der Waals surface area contributed by atoms with Crippen LogP contribution < -0.4 is 16.6 Å². The van der Waals surface area contributed by atoms with Crippen LogP contribution in [-0.4, -0.2) is 23.1 Å². The van der Waals surface area contributed by atoms with E-state index < -0.39 is 18.0 Å². The van der Waals surface area contributed by atoms with Crippen LogP contribution in [0.4, 0.5) is 0 Å². The van der Waals surface area contributed by atoms with Gasteiger partial charge < -0.3 is 10.4 Å². The number of amides is 1. The number of carboxylic acid groups (broad SMARTS) is 1. The third-order valence-electron chi connectivity index (χ3n) is 0.761. The van der Waals surface area contributed by atoms with Gasteiger partial charge in [-0.25, -0.2) is 10.2 Å². The zero-order valence-electron chi connectivity index (χ0n) is 5.42. The zero-order valence-corrected chi connectivity index (χ0v) is 5.42. The van der Waals surface area contributed by atoms with E-state index in [1.165, 1.54) is 6.92 Å². The van der Waals surface area contributed by atoms with E-state index in [9.17, 15) is 9.59 Å². The monoisotopic (exact) mass is 147 g/mol. The molecule has 0 aliphatic carbocycles. The van der Waals surface area contributed by atoms with Gasteiger partial charge in [0.25, 0.3) is 0 Å². The average molecular weight is 147 g/mol. The number of hydrogen-bond donors (Lipinski definition) is 4. The van der Waals surface area contributed by atoms with Crippen LogP contribution in [-0.2, 0) is 9.59 Å². The molecule has 0 aliphatic rings. The molecular weight excluding hydrogens is 138 g/mol. The fourth-order valence-electron chi connectivity index (χ4n) is 0.378. The molecule has 10 heavy (non-hydrogen) atoms. The number of carbonyl (C=O) groups excluding carboxylic acids is 1. The molecule has 0 fully saturated rings. The van der Waals surface area contributed by atoms with Crippen LogP contribution in [0.3, 0.4) is 0 Å². The molecule has 0 radical (unpaired) electrons. The smallest absolute Gasteiger partial charge is 0.342 e. The Morgan fingerprint density at radius 3 is 2.20 bits per heavy atom. The summed E-state index contributed by atoms with van der Waals surface area (Å²) in [6.07, 6.45) is -1.21. The van der Waals surface area contributed by atoms with Crippen molar-refractivity contribution in [2.75, 3.05) is 0 Å². The van der Waals surface area contributed by atoms with Gasteiger partial charge in [-0.1, -0.05) is 0 Å². The molecule has 0 aromatic rings. The van der Waals surface area contributed by atoms with Crippen LogP contribution in [0.25, 0.3) is 0 Å². The van der Waals surface area contributed by atoms with Gasteiger partial charge in [0.05, 0.1) is 0 Å². The van der Waals surface area contributed by atoms with Crippen molar-refractivity contribution < 1.29 is 14.7 Å². The van der Waals surface area contributed by atoms with Crippen LogP contribution >= 0.6 is 0 Å². The van der Waals surface area contributed by atoms with Crippen molar-refractivity contribution >= 4 is 11.9 Å². The number of hydrogen-bond acceptors (Lipinski definition) is 4.